The zero-order chi connectivity index (χ0) is 45.0. The summed E-state index contributed by atoms with van der Waals surface area (Å²) in [7, 11) is 0. The van der Waals surface area contributed by atoms with Gasteiger partial charge < -0.3 is 9.47 Å². The van der Waals surface area contributed by atoms with E-state index in [1.54, 1.807) is 0 Å². The molecule has 1 aliphatic carbocycles. The number of aromatic nitrogens is 1. The van der Waals surface area contributed by atoms with Crippen molar-refractivity contribution in [1.82, 2.24) is 4.57 Å². The standard InChI is InChI=1S/C66H50N2/c1-3-19-45(20-4-1)53-31-15-22-48-23-16-33-58(65(48)53)56-27-9-12-35-61(56)67(50-42-39-47(40-43-50)52-30-17-32-54-51-26-8-7-21-46(51)41-44-55(52)54)62-36-13-10-28-57(62)59-34-18-38-64-66(59)60-29-11-14-37-63(60)68(64)49-24-5-2-6-25-49/h2,5-18,21-45H,1,3-4,19-20H2. The van der Waals surface area contributed by atoms with E-state index in [4.69, 9.17) is 0 Å². The second-order valence-corrected chi connectivity index (χ2v) is 18.6. The Morgan fingerprint density at radius 2 is 0.897 bits per heavy atom. The Bertz CT molecular complexity index is 3830. The third kappa shape index (κ3) is 6.70. The molecule has 1 heterocycles. The number of hydrogen-bond donors (Lipinski definition) is 0. The summed E-state index contributed by atoms with van der Waals surface area (Å²) in [6.07, 6.45) is 6.43. The van der Waals surface area contributed by atoms with Crippen molar-refractivity contribution in [3.05, 3.63) is 242 Å². The van der Waals surface area contributed by atoms with Gasteiger partial charge in [-0.2, -0.15) is 0 Å². The van der Waals surface area contributed by atoms with Crippen molar-refractivity contribution in [1.29, 1.82) is 0 Å². The zero-order valence-electron chi connectivity index (χ0n) is 38.0. The fraction of sp³-hybridized carbons (Fsp3) is 0.0909. The third-order valence-corrected chi connectivity index (χ3v) is 14.8. The van der Waals surface area contributed by atoms with Crippen LogP contribution in [0.25, 0.3) is 93.2 Å². The predicted octanol–water partition coefficient (Wildman–Crippen LogP) is 18.8. The molecule has 1 aromatic heterocycles. The van der Waals surface area contributed by atoms with Gasteiger partial charge >= 0.3 is 0 Å². The first-order valence-corrected chi connectivity index (χ1v) is 24.4. The van der Waals surface area contributed by atoms with Crippen LogP contribution in [0.1, 0.15) is 43.6 Å². The lowest BCUT2D eigenvalue weighted by molar-refractivity contribution is 0.445. The Morgan fingerprint density at radius 1 is 0.338 bits per heavy atom. The van der Waals surface area contributed by atoms with Gasteiger partial charge in [-0.05, 0) is 127 Å². The van der Waals surface area contributed by atoms with Gasteiger partial charge in [0.05, 0.1) is 22.4 Å². The van der Waals surface area contributed by atoms with Crippen LogP contribution in [0.5, 0.6) is 0 Å². The minimum Gasteiger partial charge on any atom is -0.309 e. The number of fused-ring (bicyclic) bond motifs is 7. The Labute approximate surface area is 398 Å². The molecule has 68 heavy (non-hydrogen) atoms. The quantitative estimate of drug-likeness (QED) is 0.138. The highest BCUT2D eigenvalue weighted by atomic mass is 15.1. The second-order valence-electron chi connectivity index (χ2n) is 18.6. The van der Waals surface area contributed by atoms with Gasteiger partial charge in [0.15, 0.2) is 0 Å². The second kappa shape index (κ2) is 16.9. The lowest BCUT2D eigenvalue weighted by Gasteiger charge is -2.31. The fourth-order valence-corrected chi connectivity index (χ4v) is 11.7. The largest absolute Gasteiger partial charge is 0.309 e. The van der Waals surface area contributed by atoms with Crippen molar-refractivity contribution < 1.29 is 0 Å². The zero-order valence-corrected chi connectivity index (χ0v) is 38.0. The smallest absolute Gasteiger partial charge is 0.0547 e. The monoisotopic (exact) mass is 870 g/mol. The van der Waals surface area contributed by atoms with Gasteiger partial charge in [0, 0.05) is 33.3 Å². The Morgan fingerprint density at radius 3 is 1.68 bits per heavy atom. The molecule has 11 aromatic carbocycles. The van der Waals surface area contributed by atoms with Crippen molar-refractivity contribution in [3.8, 4) is 39.1 Å². The van der Waals surface area contributed by atoms with Crippen LogP contribution < -0.4 is 4.90 Å². The molecule has 2 nitrogen and oxygen atoms in total. The van der Waals surface area contributed by atoms with Gasteiger partial charge in [-0.25, -0.2) is 0 Å². The van der Waals surface area contributed by atoms with E-state index in [1.165, 1.54) is 125 Å². The average Bonchev–Trinajstić information content (AvgIpc) is 3.76. The number of para-hydroxylation sites is 4. The molecule has 12 aromatic rings. The molecule has 0 spiro atoms. The maximum absolute atomic E-state index is 2.53. The molecule has 0 unspecified atom stereocenters. The first kappa shape index (κ1) is 40.1. The van der Waals surface area contributed by atoms with Crippen LogP contribution in [0.15, 0.2) is 237 Å². The summed E-state index contributed by atoms with van der Waals surface area (Å²) in [6, 6.07) is 87.9. The molecule has 324 valence electrons. The number of hydrogen-bond acceptors (Lipinski definition) is 1. The number of anilines is 3. The van der Waals surface area contributed by atoms with Crippen LogP contribution in [-0.4, -0.2) is 4.57 Å². The molecular weight excluding hydrogens is 821 g/mol. The van der Waals surface area contributed by atoms with E-state index < -0.39 is 0 Å². The summed E-state index contributed by atoms with van der Waals surface area (Å²) in [5.41, 5.74) is 15.7. The summed E-state index contributed by atoms with van der Waals surface area (Å²) < 4.78 is 2.42. The van der Waals surface area contributed by atoms with E-state index >= 15 is 0 Å². The highest BCUT2D eigenvalue weighted by Crippen LogP contribution is 2.50. The molecule has 0 bridgehead atoms. The molecular formula is C66H50N2. The molecule has 0 N–H and O–H groups in total. The minimum atomic E-state index is 0.565. The van der Waals surface area contributed by atoms with E-state index in [0.29, 0.717) is 5.92 Å². The van der Waals surface area contributed by atoms with E-state index in [0.717, 1.165) is 22.7 Å². The number of benzene rings is 11. The van der Waals surface area contributed by atoms with E-state index in [9.17, 15) is 0 Å². The van der Waals surface area contributed by atoms with E-state index in [-0.39, 0.29) is 0 Å². The maximum Gasteiger partial charge on any atom is 0.0547 e. The molecule has 1 aliphatic rings. The lowest BCUT2D eigenvalue weighted by atomic mass is 9.80. The van der Waals surface area contributed by atoms with Gasteiger partial charge in [-0.3, -0.25) is 0 Å². The third-order valence-electron chi connectivity index (χ3n) is 14.8. The SMILES string of the molecule is c1ccc(-n2c3ccccc3c3c(-c4ccccc4N(c4ccc(-c5cccc6c5ccc5ccccc56)cc4)c4ccccc4-c4cccc5cccc(C6CCCCC6)c45)cccc32)cc1. The molecule has 13 rings (SSSR count). The molecule has 2 heteroatoms. The Balaban J connectivity index is 1.04. The summed E-state index contributed by atoms with van der Waals surface area (Å²) in [5, 5.41) is 10.3. The minimum absolute atomic E-state index is 0.565. The maximum atomic E-state index is 2.53. The van der Waals surface area contributed by atoms with Gasteiger partial charge in [0.1, 0.15) is 0 Å². The lowest BCUT2D eigenvalue weighted by Crippen LogP contribution is -2.12. The van der Waals surface area contributed by atoms with Gasteiger partial charge in [0.25, 0.3) is 0 Å². The van der Waals surface area contributed by atoms with Crippen LogP contribution in [0.2, 0.25) is 0 Å². The molecule has 0 aliphatic heterocycles. The summed E-state index contributed by atoms with van der Waals surface area (Å²) in [6.45, 7) is 0. The van der Waals surface area contributed by atoms with Crippen LogP contribution in [0.4, 0.5) is 17.1 Å². The Hall–Kier alpha value is -8.20. The van der Waals surface area contributed by atoms with E-state index in [2.05, 4.69) is 246 Å². The highest BCUT2D eigenvalue weighted by molar-refractivity contribution is 6.17. The number of nitrogens with zero attached hydrogens (tertiary/aromatic N) is 2. The van der Waals surface area contributed by atoms with Crippen molar-refractivity contribution in [2.75, 3.05) is 4.90 Å². The topological polar surface area (TPSA) is 8.17 Å². The molecule has 0 saturated heterocycles. The van der Waals surface area contributed by atoms with E-state index in [1.807, 2.05) is 0 Å². The first-order chi connectivity index (χ1) is 33.8. The molecule has 0 amide bonds. The van der Waals surface area contributed by atoms with Crippen LogP contribution in [0.3, 0.4) is 0 Å². The Kier molecular flexibility index (Phi) is 9.97. The first-order valence-electron chi connectivity index (χ1n) is 24.4. The van der Waals surface area contributed by atoms with Crippen molar-refractivity contribution in [3.63, 3.8) is 0 Å². The summed E-state index contributed by atoms with van der Waals surface area (Å²) in [4.78, 5) is 2.53. The molecule has 0 atom stereocenters. The summed E-state index contributed by atoms with van der Waals surface area (Å²) in [5.74, 6) is 0.565. The molecule has 0 radical (unpaired) electrons. The van der Waals surface area contributed by atoms with Crippen molar-refractivity contribution in [2.45, 2.75) is 38.0 Å². The molecule has 1 saturated carbocycles. The number of rotatable bonds is 8. The normalized spacial score (nSPS) is 13.2. The highest BCUT2D eigenvalue weighted by Gasteiger charge is 2.25. The van der Waals surface area contributed by atoms with Crippen LogP contribution in [-0.2, 0) is 0 Å². The van der Waals surface area contributed by atoms with Crippen LogP contribution >= 0.6 is 0 Å². The fourth-order valence-electron chi connectivity index (χ4n) is 11.7. The summed E-state index contributed by atoms with van der Waals surface area (Å²) >= 11 is 0. The van der Waals surface area contributed by atoms with Gasteiger partial charge in [0.2, 0.25) is 0 Å². The average molecular weight is 871 g/mol. The molecule has 1 fully saturated rings. The van der Waals surface area contributed by atoms with Gasteiger partial charge in [-0.1, -0.05) is 207 Å². The van der Waals surface area contributed by atoms with Crippen molar-refractivity contribution in [2.24, 2.45) is 0 Å². The van der Waals surface area contributed by atoms with Crippen LogP contribution in [0, 0.1) is 0 Å². The predicted molar refractivity (Wildman–Crippen MR) is 290 cm³/mol. The van der Waals surface area contributed by atoms with Crippen molar-refractivity contribution >= 4 is 71.2 Å². The van der Waals surface area contributed by atoms with Gasteiger partial charge in [-0.15, -0.1) is 0 Å².